The number of piperidine rings is 1. The minimum Gasteiger partial charge on any atom is -0.389 e. The molecule has 12 heavy (non-hydrogen) atoms. The average molecular weight is 171 g/mol. The maximum Gasteiger partial charge on any atom is 0.0746 e. The van der Waals surface area contributed by atoms with Gasteiger partial charge in [-0.25, -0.2) is 0 Å². The van der Waals surface area contributed by atoms with Gasteiger partial charge in [0.05, 0.1) is 5.60 Å². The standard InChI is InChI=1S/C10H21NO/c1-3-4-7-11-8-5-6-10(2,12)9-11/h12H,3-9H2,1-2H3. The van der Waals surface area contributed by atoms with Gasteiger partial charge in [-0.15, -0.1) is 0 Å². The summed E-state index contributed by atoms with van der Waals surface area (Å²) in [4.78, 5) is 2.38. The molecular weight excluding hydrogens is 150 g/mol. The fourth-order valence-corrected chi connectivity index (χ4v) is 1.90. The first kappa shape index (κ1) is 10.0. The van der Waals surface area contributed by atoms with Gasteiger partial charge in [0.15, 0.2) is 0 Å². The van der Waals surface area contributed by atoms with E-state index < -0.39 is 5.60 Å². The van der Waals surface area contributed by atoms with Crippen molar-refractivity contribution in [1.82, 2.24) is 4.90 Å². The highest BCUT2D eigenvalue weighted by molar-refractivity contribution is 4.82. The quantitative estimate of drug-likeness (QED) is 0.697. The van der Waals surface area contributed by atoms with Crippen LogP contribution in [0.25, 0.3) is 0 Å². The fourth-order valence-electron chi connectivity index (χ4n) is 1.90. The highest BCUT2D eigenvalue weighted by atomic mass is 16.3. The summed E-state index contributed by atoms with van der Waals surface area (Å²) < 4.78 is 0. The van der Waals surface area contributed by atoms with E-state index in [0.717, 1.165) is 25.9 Å². The Bertz CT molecular complexity index is 134. The minimum absolute atomic E-state index is 0.425. The lowest BCUT2D eigenvalue weighted by Crippen LogP contribution is -2.46. The number of aliphatic hydroxyl groups is 1. The first-order chi connectivity index (χ1) is 5.64. The second-order valence-corrected chi connectivity index (χ2v) is 4.23. The highest BCUT2D eigenvalue weighted by Crippen LogP contribution is 2.20. The first-order valence-corrected chi connectivity index (χ1v) is 5.09. The molecule has 72 valence electrons. The highest BCUT2D eigenvalue weighted by Gasteiger charge is 2.27. The molecule has 0 aliphatic carbocycles. The van der Waals surface area contributed by atoms with Gasteiger partial charge < -0.3 is 10.0 Å². The van der Waals surface area contributed by atoms with E-state index in [2.05, 4.69) is 11.8 Å². The molecule has 0 radical (unpaired) electrons. The topological polar surface area (TPSA) is 23.5 Å². The molecule has 2 nitrogen and oxygen atoms in total. The zero-order valence-corrected chi connectivity index (χ0v) is 8.34. The van der Waals surface area contributed by atoms with Crippen LogP contribution in [0.5, 0.6) is 0 Å². The van der Waals surface area contributed by atoms with Crippen molar-refractivity contribution in [3.8, 4) is 0 Å². The van der Waals surface area contributed by atoms with E-state index in [4.69, 9.17) is 0 Å². The molecule has 1 fully saturated rings. The number of unbranched alkanes of at least 4 members (excludes halogenated alkanes) is 1. The van der Waals surface area contributed by atoms with Crippen molar-refractivity contribution in [2.75, 3.05) is 19.6 Å². The van der Waals surface area contributed by atoms with E-state index in [0.29, 0.717) is 0 Å². The minimum atomic E-state index is -0.425. The number of hydrogen-bond donors (Lipinski definition) is 1. The van der Waals surface area contributed by atoms with Crippen LogP contribution in [0, 0.1) is 0 Å². The monoisotopic (exact) mass is 171 g/mol. The molecule has 0 spiro atoms. The lowest BCUT2D eigenvalue weighted by molar-refractivity contribution is -0.0157. The summed E-state index contributed by atoms with van der Waals surface area (Å²) in [6.07, 6.45) is 4.63. The summed E-state index contributed by atoms with van der Waals surface area (Å²) in [7, 11) is 0. The molecule has 0 saturated carbocycles. The number of nitrogens with zero attached hydrogens (tertiary/aromatic N) is 1. The molecule has 0 aromatic carbocycles. The predicted octanol–water partition coefficient (Wildman–Crippen LogP) is 1.63. The van der Waals surface area contributed by atoms with E-state index in [1.807, 2.05) is 6.92 Å². The molecule has 2 heteroatoms. The molecule has 0 amide bonds. The summed E-state index contributed by atoms with van der Waals surface area (Å²) >= 11 is 0. The predicted molar refractivity (Wildman–Crippen MR) is 51.2 cm³/mol. The van der Waals surface area contributed by atoms with Gasteiger partial charge in [0, 0.05) is 6.54 Å². The molecule has 1 saturated heterocycles. The van der Waals surface area contributed by atoms with Gasteiger partial charge in [-0.2, -0.15) is 0 Å². The second kappa shape index (κ2) is 4.24. The molecule has 0 bridgehead atoms. The molecule has 0 aromatic rings. The summed E-state index contributed by atoms with van der Waals surface area (Å²) in [5.74, 6) is 0. The summed E-state index contributed by atoms with van der Waals surface area (Å²) in [6, 6.07) is 0. The fraction of sp³-hybridized carbons (Fsp3) is 1.00. The molecule has 1 rings (SSSR count). The Hall–Kier alpha value is -0.0800. The number of rotatable bonds is 3. The Kier molecular flexibility index (Phi) is 3.53. The van der Waals surface area contributed by atoms with Crippen molar-refractivity contribution in [2.45, 2.75) is 45.1 Å². The normalized spacial score (nSPS) is 32.2. The molecular formula is C10H21NO. The van der Waals surface area contributed by atoms with Crippen LogP contribution in [0.3, 0.4) is 0 Å². The lowest BCUT2D eigenvalue weighted by atomic mass is 9.95. The molecule has 1 N–H and O–H groups in total. The van der Waals surface area contributed by atoms with Crippen LogP contribution >= 0.6 is 0 Å². The van der Waals surface area contributed by atoms with E-state index in [1.54, 1.807) is 0 Å². The van der Waals surface area contributed by atoms with Gasteiger partial charge in [-0.1, -0.05) is 13.3 Å². The summed E-state index contributed by atoms with van der Waals surface area (Å²) in [5, 5.41) is 9.80. The molecule has 0 aromatic heterocycles. The average Bonchev–Trinajstić information content (AvgIpc) is 1.99. The third kappa shape index (κ3) is 3.11. The van der Waals surface area contributed by atoms with Crippen molar-refractivity contribution in [3.05, 3.63) is 0 Å². The van der Waals surface area contributed by atoms with E-state index >= 15 is 0 Å². The molecule has 1 unspecified atom stereocenters. The zero-order chi connectivity index (χ0) is 9.03. The van der Waals surface area contributed by atoms with E-state index in [9.17, 15) is 5.11 Å². The maximum absolute atomic E-state index is 9.80. The summed E-state index contributed by atoms with van der Waals surface area (Å²) in [5.41, 5.74) is -0.425. The van der Waals surface area contributed by atoms with Crippen LogP contribution < -0.4 is 0 Å². The Balaban J connectivity index is 2.26. The Morgan fingerprint density at radius 3 is 2.83 bits per heavy atom. The van der Waals surface area contributed by atoms with Crippen molar-refractivity contribution < 1.29 is 5.11 Å². The van der Waals surface area contributed by atoms with Gasteiger partial charge in [-0.3, -0.25) is 0 Å². The van der Waals surface area contributed by atoms with Crippen LogP contribution in [0.1, 0.15) is 39.5 Å². The van der Waals surface area contributed by atoms with Gasteiger partial charge in [0.25, 0.3) is 0 Å². The molecule has 1 atom stereocenters. The third-order valence-corrected chi connectivity index (χ3v) is 2.58. The van der Waals surface area contributed by atoms with Gasteiger partial charge in [0.1, 0.15) is 0 Å². The SMILES string of the molecule is CCCCN1CCCC(C)(O)C1. The maximum atomic E-state index is 9.80. The number of likely N-dealkylation sites (tertiary alicyclic amines) is 1. The van der Waals surface area contributed by atoms with Crippen LogP contribution in [0.15, 0.2) is 0 Å². The van der Waals surface area contributed by atoms with Gasteiger partial charge in [0.2, 0.25) is 0 Å². The van der Waals surface area contributed by atoms with Crippen molar-refractivity contribution in [2.24, 2.45) is 0 Å². The second-order valence-electron chi connectivity index (χ2n) is 4.23. The van der Waals surface area contributed by atoms with Crippen LogP contribution in [0.4, 0.5) is 0 Å². The zero-order valence-electron chi connectivity index (χ0n) is 8.34. The van der Waals surface area contributed by atoms with E-state index in [1.165, 1.54) is 19.4 Å². The third-order valence-electron chi connectivity index (χ3n) is 2.58. The molecule has 1 heterocycles. The molecule has 1 aliphatic heterocycles. The Labute approximate surface area is 75.6 Å². The van der Waals surface area contributed by atoms with E-state index in [-0.39, 0.29) is 0 Å². The summed E-state index contributed by atoms with van der Waals surface area (Å²) in [6.45, 7) is 7.36. The molecule has 1 aliphatic rings. The number of β-amino-alcohol motifs (C(OH)–C–C–N with tert-alkyl or cyclic N) is 1. The van der Waals surface area contributed by atoms with Crippen LogP contribution in [0.2, 0.25) is 0 Å². The van der Waals surface area contributed by atoms with Gasteiger partial charge in [-0.05, 0) is 39.3 Å². The lowest BCUT2D eigenvalue weighted by Gasteiger charge is -2.36. The van der Waals surface area contributed by atoms with Crippen molar-refractivity contribution in [1.29, 1.82) is 0 Å². The van der Waals surface area contributed by atoms with Gasteiger partial charge >= 0.3 is 0 Å². The van der Waals surface area contributed by atoms with Crippen molar-refractivity contribution >= 4 is 0 Å². The largest absolute Gasteiger partial charge is 0.389 e. The first-order valence-electron chi connectivity index (χ1n) is 5.09. The number of hydrogen-bond acceptors (Lipinski definition) is 2. The van der Waals surface area contributed by atoms with Crippen LogP contribution in [-0.4, -0.2) is 35.2 Å². The Morgan fingerprint density at radius 1 is 1.50 bits per heavy atom. The Morgan fingerprint density at radius 2 is 2.25 bits per heavy atom. The van der Waals surface area contributed by atoms with Crippen LogP contribution in [-0.2, 0) is 0 Å². The smallest absolute Gasteiger partial charge is 0.0746 e. The van der Waals surface area contributed by atoms with Crippen molar-refractivity contribution in [3.63, 3.8) is 0 Å².